The van der Waals surface area contributed by atoms with E-state index in [2.05, 4.69) is 0 Å². The molecule has 1 aliphatic rings. The highest BCUT2D eigenvalue weighted by molar-refractivity contribution is 5.80. The number of hydrogen-bond donors (Lipinski definition) is 1. The van der Waals surface area contributed by atoms with E-state index in [0.29, 0.717) is 28.2 Å². The highest BCUT2D eigenvalue weighted by atomic mass is 16.6. The quantitative estimate of drug-likeness (QED) is 0.548. The number of carbonyl (C=O) groups is 3. The third-order valence-corrected chi connectivity index (χ3v) is 4.71. The third kappa shape index (κ3) is 5.36. The summed E-state index contributed by atoms with van der Waals surface area (Å²) in [7, 11) is 1.44. The Kier molecular flexibility index (Phi) is 6.69. The summed E-state index contributed by atoms with van der Waals surface area (Å²) in [5.41, 5.74) is 0.329. The minimum Gasteiger partial charge on any atom is -0.493 e. The summed E-state index contributed by atoms with van der Waals surface area (Å²) in [6.45, 7) is 3.31. The Morgan fingerprint density at radius 3 is 2.31 bits per heavy atom. The lowest BCUT2D eigenvalue weighted by molar-refractivity contribution is -0.150. The van der Waals surface area contributed by atoms with Gasteiger partial charge < -0.3 is 28.8 Å². The number of fused-ring (bicyclic) bond motifs is 3. The van der Waals surface area contributed by atoms with Gasteiger partial charge in [-0.2, -0.15) is 0 Å². The molecule has 170 valence electrons. The van der Waals surface area contributed by atoms with Gasteiger partial charge in [-0.3, -0.25) is 14.4 Å². The highest BCUT2D eigenvalue weighted by Crippen LogP contribution is 2.43. The molecule has 0 amide bonds. The van der Waals surface area contributed by atoms with Crippen molar-refractivity contribution in [2.45, 2.75) is 32.8 Å². The minimum atomic E-state index is -1.55. The van der Waals surface area contributed by atoms with Gasteiger partial charge in [-0.15, -0.1) is 0 Å². The van der Waals surface area contributed by atoms with E-state index in [-0.39, 0.29) is 31.1 Å². The van der Waals surface area contributed by atoms with E-state index in [1.54, 1.807) is 24.3 Å². The van der Waals surface area contributed by atoms with Gasteiger partial charge in [0.1, 0.15) is 30.3 Å². The molecule has 0 aromatic heterocycles. The molecule has 2 aromatic rings. The van der Waals surface area contributed by atoms with Crippen molar-refractivity contribution in [1.82, 2.24) is 0 Å². The zero-order valence-electron chi connectivity index (χ0n) is 18.2. The number of aliphatic hydroxyl groups is 1. The Labute approximate surface area is 184 Å². The number of esters is 3. The Hall–Kier alpha value is -3.59. The molecule has 0 fully saturated rings. The first-order valence-corrected chi connectivity index (χ1v) is 9.81. The number of hydrogen-bond acceptors (Lipinski definition) is 9. The van der Waals surface area contributed by atoms with Crippen LogP contribution in [-0.4, -0.2) is 48.9 Å². The first kappa shape index (κ1) is 23.1. The SMILES string of the molecule is COc1cc2c(cc1OC(C)=O)-c1ccc(OC(C)=O)cc1OCC(O)(COC(C)=O)C2. The molecule has 1 N–H and O–H groups in total. The van der Waals surface area contributed by atoms with Crippen LogP contribution >= 0.6 is 0 Å². The molecule has 1 unspecified atom stereocenters. The van der Waals surface area contributed by atoms with Crippen molar-refractivity contribution < 1.29 is 43.2 Å². The Balaban J connectivity index is 2.17. The molecule has 0 saturated heterocycles. The van der Waals surface area contributed by atoms with Crippen LogP contribution < -0.4 is 18.9 Å². The first-order chi connectivity index (χ1) is 15.1. The zero-order valence-corrected chi connectivity index (χ0v) is 18.2. The molecule has 9 heteroatoms. The summed E-state index contributed by atoms with van der Waals surface area (Å²) >= 11 is 0. The molecule has 2 aromatic carbocycles. The van der Waals surface area contributed by atoms with Gasteiger partial charge >= 0.3 is 17.9 Å². The molecule has 1 aliphatic heterocycles. The molecule has 3 rings (SSSR count). The van der Waals surface area contributed by atoms with Crippen molar-refractivity contribution in [2.24, 2.45) is 0 Å². The van der Waals surface area contributed by atoms with E-state index in [1.165, 1.54) is 33.9 Å². The van der Waals surface area contributed by atoms with Crippen molar-refractivity contribution in [3.05, 3.63) is 35.9 Å². The van der Waals surface area contributed by atoms with Crippen LogP contribution in [0.15, 0.2) is 30.3 Å². The van der Waals surface area contributed by atoms with Gasteiger partial charge in [0, 0.05) is 38.8 Å². The Bertz CT molecular complexity index is 1060. The van der Waals surface area contributed by atoms with Crippen LogP contribution in [0.25, 0.3) is 11.1 Å². The second kappa shape index (κ2) is 9.27. The van der Waals surface area contributed by atoms with Gasteiger partial charge in [-0.05, 0) is 35.4 Å². The monoisotopic (exact) mass is 444 g/mol. The molecule has 0 aliphatic carbocycles. The van der Waals surface area contributed by atoms with Gasteiger partial charge in [0.15, 0.2) is 11.5 Å². The predicted molar refractivity (Wildman–Crippen MR) is 112 cm³/mol. The second-order valence-corrected chi connectivity index (χ2v) is 7.48. The van der Waals surface area contributed by atoms with E-state index >= 15 is 0 Å². The topological polar surface area (TPSA) is 118 Å². The number of ether oxygens (including phenoxy) is 5. The molecule has 32 heavy (non-hydrogen) atoms. The van der Waals surface area contributed by atoms with Crippen molar-refractivity contribution in [2.75, 3.05) is 20.3 Å². The van der Waals surface area contributed by atoms with Crippen LogP contribution in [0.4, 0.5) is 0 Å². The lowest BCUT2D eigenvalue weighted by atomic mass is 9.88. The van der Waals surface area contributed by atoms with E-state index < -0.39 is 23.5 Å². The fraction of sp³-hybridized carbons (Fsp3) is 0.348. The third-order valence-electron chi connectivity index (χ3n) is 4.71. The van der Waals surface area contributed by atoms with Crippen LogP contribution in [-0.2, 0) is 25.5 Å². The average molecular weight is 444 g/mol. The summed E-state index contributed by atoms with van der Waals surface area (Å²) < 4.78 is 26.7. The molecular weight excluding hydrogens is 420 g/mol. The number of rotatable bonds is 5. The maximum Gasteiger partial charge on any atom is 0.308 e. The summed E-state index contributed by atoms with van der Waals surface area (Å²) in [5, 5.41) is 11.2. The van der Waals surface area contributed by atoms with Crippen molar-refractivity contribution in [1.29, 1.82) is 0 Å². The van der Waals surface area contributed by atoms with Crippen molar-refractivity contribution in [3.8, 4) is 34.1 Å². The second-order valence-electron chi connectivity index (χ2n) is 7.48. The fourth-order valence-corrected chi connectivity index (χ4v) is 3.41. The summed E-state index contributed by atoms with van der Waals surface area (Å²) in [6.07, 6.45) is 0.0669. The van der Waals surface area contributed by atoms with E-state index in [0.717, 1.165) is 0 Å². The molecule has 0 spiro atoms. The van der Waals surface area contributed by atoms with E-state index in [1.807, 2.05) is 0 Å². The first-order valence-electron chi connectivity index (χ1n) is 9.81. The van der Waals surface area contributed by atoms with Crippen LogP contribution in [0.3, 0.4) is 0 Å². The van der Waals surface area contributed by atoms with Crippen LogP contribution in [0, 0.1) is 0 Å². The maximum absolute atomic E-state index is 11.6. The van der Waals surface area contributed by atoms with Crippen LogP contribution in [0.5, 0.6) is 23.0 Å². The minimum absolute atomic E-state index is 0.0669. The van der Waals surface area contributed by atoms with Gasteiger partial charge in [0.25, 0.3) is 0 Å². The lowest BCUT2D eigenvalue weighted by Crippen LogP contribution is -2.44. The van der Waals surface area contributed by atoms with Crippen LogP contribution in [0.2, 0.25) is 0 Å². The van der Waals surface area contributed by atoms with Gasteiger partial charge in [-0.25, -0.2) is 0 Å². The van der Waals surface area contributed by atoms with E-state index in [4.69, 9.17) is 23.7 Å². The lowest BCUT2D eigenvalue weighted by Gasteiger charge is -2.32. The number of benzene rings is 2. The molecule has 1 atom stereocenters. The largest absolute Gasteiger partial charge is 0.493 e. The van der Waals surface area contributed by atoms with Crippen molar-refractivity contribution >= 4 is 17.9 Å². The summed E-state index contributed by atoms with van der Waals surface area (Å²) in [6, 6.07) is 8.10. The molecule has 1 heterocycles. The molecule has 0 radical (unpaired) electrons. The average Bonchev–Trinajstić information content (AvgIpc) is 2.70. The Morgan fingerprint density at radius 1 is 0.969 bits per heavy atom. The Morgan fingerprint density at radius 2 is 1.69 bits per heavy atom. The smallest absolute Gasteiger partial charge is 0.308 e. The van der Waals surface area contributed by atoms with Crippen LogP contribution in [0.1, 0.15) is 26.3 Å². The maximum atomic E-state index is 11.6. The standard InChI is InChI=1S/C23H24O9/c1-13(24)29-11-23(27)10-16-7-21(28-4)22(32-15(3)26)9-19(16)18-6-5-17(31-14(2)25)8-20(18)30-12-23/h5-9,27H,10-12H2,1-4H3. The highest BCUT2D eigenvalue weighted by Gasteiger charge is 2.34. The summed E-state index contributed by atoms with van der Waals surface area (Å²) in [5.74, 6) is -0.487. The number of carbonyl (C=O) groups excluding carboxylic acids is 3. The normalized spacial score (nSPS) is 16.9. The predicted octanol–water partition coefficient (Wildman–Crippen LogP) is 2.44. The molecule has 0 saturated carbocycles. The van der Waals surface area contributed by atoms with Gasteiger partial charge in [-0.1, -0.05) is 0 Å². The summed E-state index contributed by atoms with van der Waals surface area (Å²) in [4.78, 5) is 34.3. The molecule has 0 bridgehead atoms. The van der Waals surface area contributed by atoms with Crippen molar-refractivity contribution in [3.63, 3.8) is 0 Å². The fourth-order valence-electron chi connectivity index (χ4n) is 3.41. The van der Waals surface area contributed by atoms with Gasteiger partial charge in [0.2, 0.25) is 0 Å². The molecular formula is C23H24O9. The molecule has 9 nitrogen and oxygen atoms in total. The zero-order chi connectivity index (χ0) is 23.5. The number of methoxy groups -OCH3 is 1. The van der Waals surface area contributed by atoms with E-state index in [9.17, 15) is 19.5 Å². The van der Waals surface area contributed by atoms with Gasteiger partial charge in [0.05, 0.1) is 7.11 Å².